The van der Waals surface area contributed by atoms with Crippen LogP contribution >= 0.6 is 34.0 Å². The summed E-state index contributed by atoms with van der Waals surface area (Å²) in [5.41, 5.74) is 1.34. The fourth-order valence-electron chi connectivity index (χ4n) is 1.83. The van der Waals surface area contributed by atoms with Crippen LogP contribution in [0.3, 0.4) is 0 Å². The SMILES string of the molecule is Cc1ccsc1-c1cnc(CNCc2cccs2)s1. The molecule has 3 rings (SSSR count). The summed E-state index contributed by atoms with van der Waals surface area (Å²) in [5, 5.41) is 8.84. The first-order valence-electron chi connectivity index (χ1n) is 6.05. The minimum absolute atomic E-state index is 0.840. The lowest BCUT2D eigenvalue weighted by Gasteiger charge is -1.99. The lowest BCUT2D eigenvalue weighted by molar-refractivity contribution is 0.697. The van der Waals surface area contributed by atoms with Crippen LogP contribution in [-0.2, 0) is 13.1 Å². The molecular formula is C14H14N2S3. The van der Waals surface area contributed by atoms with E-state index in [0.717, 1.165) is 18.1 Å². The summed E-state index contributed by atoms with van der Waals surface area (Å²) in [4.78, 5) is 8.49. The quantitative estimate of drug-likeness (QED) is 0.749. The Morgan fingerprint density at radius 2 is 2.11 bits per heavy atom. The van der Waals surface area contributed by atoms with Crippen molar-refractivity contribution in [2.24, 2.45) is 0 Å². The van der Waals surface area contributed by atoms with Crippen molar-refractivity contribution < 1.29 is 0 Å². The van der Waals surface area contributed by atoms with E-state index in [2.05, 4.69) is 46.2 Å². The summed E-state index contributed by atoms with van der Waals surface area (Å²) in [6.45, 7) is 3.91. The molecule has 0 fully saturated rings. The summed E-state index contributed by atoms with van der Waals surface area (Å²) < 4.78 is 0. The zero-order valence-corrected chi connectivity index (χ0v) is 13.0. The molecule has 0 aliphatic rings. The second-order valence-electron chi connectivity index (χ2n) is 4.23. The molecule has 98 valence electrons. The van der Waals surface area contributed by atoms with Crippen LogP contribution in [0.2, 0.25) is 0 Å². The van der Waals surface area contributed by atoms with E-state index in [0.29, 0.717) is 0 Å². The van der Waals surface area contributed by atoms with E-state index in [4.69, 9.17) is 0 Å². The Morgan fingerprint density at radius 3 is 2.84 bits per heavy atom. The number of nitrogens with zero attached hydrogens (tertiary/aromatic N) is 1. The zero-order valence-electron chi connectivity index (χ0n) is 10.6. The monoisotopic (exact) mass is 306 g/mol. The first-order valence-corrected chi connectivity index (χ1v) is 8.63. The molecular weight excluding hydrogens is 292 g/mol. The minimum atomic E-state index is 0.840. The van der Waals surface area contributed by atoms with E-state index in [-0.39, 0.29) is 0 Å². The summed E-state index contributed by atoms with van der Waals surface area (Å²) in [7, 11) is 0. The Kier molecular flexibility index (Phi) is 4.08. The Labute approximate surface area is 124 Å². The summed E-state index contributed by atoms with van der Waals surface area (Å²) >= 11 is 5.36. The zero-order chi connectivity index (χ0) is 13.1. The molecule has 3 aromatic rings. The van der Waals surface area contributed by atoms with Crippen molar-refractivity contribution >= 4 is 34.0 Å². The van der Waals surface area contributed by atoms with Gasteiger partial charge in [0.2, 0.25) is 0 Å². The number of hydrogen-bond donors (Lipinski definition) is 1. The number of rotatable bonds is 5. The van der Waals surface area contributed by atoms with Gasteiger partial charge in [-0.3, -0.25) is 0 Å². The van der Waals surface area contributed by atoms with Crippen molar-refractivity contribution in [3.63, 3.8) is 0 Å². The maximum absolute atomic E-state index is 4.50. The molecule has 0 unspecified atom stereocenters. The largest absolute Gasteiger partial charge is 0.306 e. The molecule has 0 amide bonds. The molecule has 0 atom stereocenters. The third-order valence-electron chi connectivity index (χ3n) is 2.80. The van der Waals surface area contributed by atoms with Gasteiger partial charge in [0.1, 0.15) is 5.01 Å². The molecule has 0 bridgehead atoms. The van der Waals surface area contributed by atoms with Crippen LogP contribution in [-0.4, -0.2) is 4.98 Å². The molecule has 0 saturated carbocycles. The highest BCUT2D eigenvalue weighted by molar-refractivity contribution is 7.21. The average Bonchev–Trinajstić information content (AvgIpc) is 3.10. The van der Waals surface area contributed by atoms with Crippen LogP contribution in [0.15, 0.2) is 35.2 Å². The average molecular weight is 306 g/mol. The highest BCUT2D eigenvalue weighted by atomic mass is 32.1. The van der Waals surface area contributed by atoms with Gasteiger partial charge in [0, 0.05) is 29.0 Å². The summed E-state index contributed by atoms with van der Waals surface area (Å²) in [6.07, 6.45) is 1.99. The molecule has 1 N–H and O–H groups in total. The summed E-state index contributed by atoms with van der Waals surface area (Å²) in [5.74, 6) is 0. The predicted molar refractivity (Wildman–Crippen MR) is 85.0 cm³/mol. The van der Waals surface area contributed by atoms with Gasteiger partial charge in [-0.25, -0.2) is 4.98 Å². The van der Waals surface area contributed by atoms with Gasteiger partial charge < -0.3 is 5.32 Å². The van der Waals surface area contributed by atoms with Crippen LogP contribution in [0.5, 0.6) is 0 Å². The Morgan fingerprint density at radius 1 is 1.16 bits per heavy atom. The van der Waals surface area contributed by atoms with Crippen LogP contribution < -0.4 is 5.32 Å². The maximum atomic E-state index is 4.50. The van der Waals surface area contributed by atoms with Gasteiger partial charge in [-0.1, -0.05) is 6.07 Å². The second-order valence-corrected chi connectivity index (χ2v) is 7.30. The molecule has 0 radical (unpaired) electrons. The van der Waals surface area contributed by atoms with Crippen molar-refractivity contribution in [3.05, 3.63) is 50.6 Å². The summed E-state index contributed by atoms with van der Waals surface area (Å²) in [6, 6.07) is 6.40. The second kappa shape index (κ2) is 5.96. The first-order chi connectivity index (χ1) is 9.33. The van der Waals surface area contributed by atoms with E-state index in [1.54, 1.807) is 34.0 Å². The first kappa shape index (κ1) is 13.0. The van der Waals surface area contributed by atoms with Crippen LogP contribution in [0.4, 0.5) is 0 Å². The van der Waals surface area contributed by atoms with Gasteiger partial charge in [0.05, 0.1) is 4.88 Å². The predicted octanol–water partition coefficient (Wildman–Crippen LogP) is 4.53. The van der Waals surface area contributed by atoms with Gasteiger partial charge >= 0.3 is 0 Å². The van der Waals surface area contributed by atoms with Crippen molar-refractivity contribution in [3.8, 4) is 9.75 Å². The Hall–Kier alpha value is -1.01. The van der Waals surface area contributed by atoms with Crippen LogP contribution in [0.25, 0.3) is 9.75 Å². The van der Waals surface area contributed by atoms with E-state index >= 15 is 0 Å². The van der Waals surface area contributed by atoms with Gasteiger partial charge in [0.15, 0.2) is 0 Å². The highest BCUT2D eigenvalue weighted by Gasteiger charge is 2.08. The maximum Gasteiger partial charge on any atom is 0.107 e. The molecule has 19 heavy (non-hydrogen) atoms. The third-order valence-corrected chi connectivity index (χ3v) is 5.87. The van der Waals surface area contributed by atoms with E-state index in [1.807, 2.05) is 6.20 Å². The molecule has 0 saturated heterocycles. The number of hydrogen-bond acceptors (Lipinski definition) is 5. The lowest BCUT2D eigenvalue weighted by atomic mass is 10.3. The number of aryl methyl sites for hydroxylation is 1. The van der Waals surface area contributed by atoms with Crippen molar-refractivity contribution in [1.29, 1.82) is 0 Å². The van der Waals surface area contributed by atoms with E-state index < -0.39 is 0 Å². The number of thiazole rings is 1. The molecule has 0 aromatic carbocycles. The molecule has 5 heteroatoms. The molecule has 0 aliphatic heterocycles. The normalized spacial score (nSPS) is 11.0. The van der Waals surface area contributed by atoms with E-state index in [1.165, 1.54) is 20.2 Å². The topological polar surface area (TPSA) is 24.9 Å². The number of thiophene rings is 2. The Bertz CT molecular complexity index is 637. The lowest BCUT2D eigenvalue weighted by Crippen LogP contribution is -2.11. The molecule has 3 heterocycles. The molecule has 0 spiro atoms. The molecule has 3 aromatic heterocycles. The van der Waals surface area contributed by atoms with Crippen molar-refractivity contribution in [1.82, 2.24) is 10.3 Å². The van der Waals surface area contributed by atoms with Gasteiger partial charge in [-0.05, 0) is 35.4 Å². The van der Waals surface area contributed by atoms with Gasteiger partial charge in [-0.2, -0.15) is 0 Å². The number of aromatic nitrogens is 1. The van der Waals surface area contributed by atoms with Crippen molar-refractivity contribution in [2.45, 2.75) is 20.0 Å². The van der Waals surface area contributed by atoms with Gasteiger partial charge in [0.25, 0.3) is 0 Å². The minimum Gasteiger partial charge on any atom is -0.306 e. The van der Waals surface area contributed by atoms with E-state index in [9.17, 15) is 0 Å². The molecule has 2 nitrogen and oxygen atoms in total. The van der Waals surface area contributed by atoms with Gasteiger partial charge in [-0.15, -0.1) is 34.0 Å². The highest BCUT2D eigenvalue weighted by Crippen LogP contribution is 2.33. The number of nitrogens with one attached hydrogen (secondary N) is 1. The van der Waals surface area contributed by atoms with Crippen molar-refractivity contribution in [2.75, 3.05) is 0 Å². The fraction of sp³-hybridized carbons (Fsp3) is 0.214. The fourth-order valence-corrected chi connectivity index (χ4v) is 4.50. The third kappa shape index (κ3) is 3.12. The van der Waals surface area contributed by atoms with Crippen LogP contribution in [0, 0.1) is 6.92 Å². The Balaban J connectivity index is 1.61. The van der Waals surface area contributed by atoms with Crippen LogP contribution in [0.1, 0.15) is 15.4 Å². The smallest absolute Gasteiger partial charge is 0.107 e. The molecule has 0 aliphatic carbocycles. The standard InChI is InChI=1S/C14H14N2S3/c1-10-4-6-18-14(10)12-8-16-13(19-12)9-15-7-11-3-2-5-17-11/h2-6,8,15H,7,9H2,1H3.